The van der Waals surface area contributed by atoms with Crippen LogP contribution in [0.3, 0.4) is 0 Å². The highest BCUT2D eigenvalue weighted by Gasteiger charge is 2.21. The molecule has 2 rings (SSSR count). The van der Waals surface area contributed by atoms with Gasteiger partial charge in [-0.2, -0.15) is 0 Å². The van der Waals surface area contributed by atoms with E-state index in [1.807, 2.05) is 4.57 Å². The maximum Gasteiger partial charge on any atom is 0.227 e. The van der Waals surface area contributed by atoms with Gasteiger partial charge in [0, 0.05) is 19.3 Å². The maximum atomic E-state index is 11.9. The van der Waals surface area contributed by atoms with E-state index in [0.29, 0.717) is 12.5 Å². The maximum absolute atomic E-state index is 11.9. The van der Waals surface area contributed by atoms with E-state index in [9.17, 15) is 8.42 Å². The number of imidazole rings is 1. The van der Waals surface area contributed by atoms with Crippen LogP contribution < -0.4 is 0 Å². The van der Waals surface area contributed by atoms with Crippen LogP contribution in [0.4, 0.5) is 0 Å². The molecule has 6 heteroatoms. The molecule has 0 amide bonds. The van der Waals surface area contributed by atoms with Crippen molar-refractivity contribution in [3.8, 4) is 0 Å². The van der Waals surface area contributed by atoms with Crippen molar-refractivity contribution in [2.75, 3.05) is 19.3 Å². The molecule has 5 nitrogen and oxygen atoms in total. The molecule has 0 bridgehead atoms. The predicted octanol–water partition coefficient (Wildman–Crippen LogP) is 2.32. The highest BCUT2D eigenvalue weighted by atomic mass is 32.2. The molecule has 0 radical (unpaired) electrons. The van der Waals surface area contributed by atoms with Gasteiger partial charge in [0.2, 0.25) is 15.0 Å². The Morgan fingerprint density at radius 2 is 1.81 bits per heavy atom. The molecule has 1 aromatic heterocycles. The number of rotatable bonds is 5. The smallest absolute Gasteiger partial charge is 0.227 e. The number of sulfone groups is 1. The van der Waals surface area contributed by atoms with Crippen LogP contribution in [0.5, 0.6) is 0 Å². The summed E-state index contributed by atoms with van der Waals surface area (Å²) in [6.07, 6.45) is 8.05. The fourth-order valence-electron chi connectivity index (χ4n) is 2.90. The van der Waals surface area contributed by atoms with Crippen LogP contribution in [0.2, 0.25) is 0 Å². The molecule has 1 saturated heterocycles. The number of hydrogen-bond acceptors (Lipinski definition) is 4. The summed E-state index contributed by atoms with van der Waals surface area (Å²) < 4.78 is 25.7. The molecule has 0 spiro atoms. The Bertz CT molecular complexity index is 555. The van der Waals surface area contributed by atoms with E-state index in [2.05, 4.69) is 23.7 Å². The lowest BCUT2D eigenvalue weighted by molar-refractivity contribution is 0.266. The van der Waals surface area contributed by atoms with Gasteiger partial charge in [-0.05, 0) is 31.8 Å². The molecule has 0 N–H and O–H groups in total. The third-order valence-corrected chi connectivity index (χ3v) is 4.85. The van der Waals surface area contributed by atoms with Crippen LogP contribution in [0, 0.1) is 5.92 Å². The third kappa shape index (κ3) is 4.54. The monoisotopic (exact) mass is 313 g/mol. The fourth-order valence-corrected chi connectivity index (χ4v) is 3.73. The summed E-state index contributed by atoms with van der Waals surface area (Å²) in [6.45, 7) is 7.90. The van der Waals surface area contributed by atoms with Gasteiger partial charge in [0.1, 0.15) is 0 Å². The SMILES string of the molecule is CC(C)Cn1c(CN2CCCCCC2)cnc1S(C)(=O)=O. The Kier molecular flexibility index (Phi) is 5.43. The zero-order valence-electron chi connectivity index (χ0n) is 13.4. The molecular formula is C15H27N3O2S. The third-order valence-electron chi connectivity index (χ3n) is 3.87. The fraction of sp³-hybridized carbons (Fsp3) is 0.800. The molecule has 21 heavy (non-hydrogen) atoms. The molecule has 0 unspecified atom stereocenters. The van der Waals surface area contributed by atoms with E-state index in [-0.39, 0.29) is 5.16 Å². The summed E-state index contributed by atoms with van der Waals surface area (Å²) in [5.74, 6) is 0.391. The molecule has 0 aromatic carbocycles. The van der Waals surface area contributed by atoms with Crippen molar-refractivity contribution >= 4 is 9.84 Å². The summed E-state index contributed by atoms with van der Waals surface area (Å²) in [4.78, 5) is 6.60. The molecule has 1 aromatic rings. The van der Waals surface area contributed by atoms with Crippen LogP contribution >= 0.6 is 0 Å². The Labute approximate surface area is 128 Å². The van der Waals surface area contributed by atoms with E-state index >= 15 is 0 Å². The minimum Gasteiger partial charge on any atom is -0.317 e. The molecule has 0 atom stereocenters. The molecule has 0 aliphatic carbocycles. The van der Waals surface area contributed by atoms with Crippen molar-refractivity contribution in [2.24, 2.45) is 5.92 Å². The van der Waals surface area contributed by atoms with Crippen molar-refractivity contribution < 1.29 is 8.42 Å². The minimum absolute atomic E-state index is 0.209. The summed E-state index contributed by atoms with van der Waals surface area (Å²) in [5.41, 5.74) is 1.02. The van der Waals surface area contributed by atoms with Gasteiger partial charge in [-0.25, -0.2) is 13.4 Å². The zero-order valence-corrected chi connectivity index (χ0v) is 14.2. The quantitative estimate of drug-likeness (QED) is 0.837. The molecule has 120 valence electrons. The van der Waals surface area contributed by atoms with Gasteiger partial charge in [-0.15, -0.1) is 0 Å². The Morgan fingerprint density at radius 3 is 2.33 bits per heavy atom. The van der Waals surface area contributed by atoms with Gasteiger partial charge >= 0.3 is 0 Å². The van der Waals surface area contributed by atoms with Gasteiger partial charge in [0.05, 0.1) is 11.9 Å². The van der Waals surface area contributed by atoms with Crippen LogP contribution in [-0.4, -0.2) is 42.2 Å². The first kappa shape index (κ1) is 16.5. The summed E-state index contributed by atoms with van der Waals surface area (Å²) >= 11 is 0. The Morgan fingerprint density at radius 1 is 1.19 bits per heavy atom. The molecule has 1 aliphatic rings. The number of aromatic nitrogens is 2. The summed E-state index contributed by atoms with van der Waals surface area (Å²) in [7, 11) is -3.27. The lowest BCUT2D eigenvalue weighted by Gasteiger charge is -2.21. The number of nitrogens with zero attached hydrogens (tertiary/aromatic N) is 3. The normalized spacial score (nSPS) is 18.1. The largest absolute Gasteiger partial charge is 0.317 e. The lowest BCUT2D eigenvalue weighted by atomic mass is 10.2. The topological polar surface area (TPSA) is 55.2 Å². The van der Waals surface area contributed by atoms with Crippen LogP contribution in [-0.2, 0) is 22.9 Å². The molecule has 0 saturated carbocycles. The van der Waals surface area contributed by atoms with Gasteiger partial charge in [0.15, 0.2) is 0 Å². The first-order chi connectivity index (χ1) is 9.88. The molecule has 1 fully saturated rings. The zero-order chi connectivity index (χ0) is 15.5. The highest BCUT2D eigenvalue weighted by molar-refractivity contribution is 7.90. The average molecular weight is 313 g/mol. The number of likely N-dealkylation sites (tertiary alicyclic amines) is 1. The van der Waals surface area contributed by atoms with Crippen molar-refractivity contribution in [1.82, 2.24) is 14.5 Å². The van der Waals surface area contributed by atoms with Crippen molar-refractivity contribution in [2.45, 2.75) is 57.8 Å². The standard InChI is InChI=1S/C15H27N3O2S/c1-13(2)11-18-14(10-16-15(18)21(3,19)20)12-17-8-6-4-5-7-9-17/h10,13H,4-9,11-12H2,1-3H3. The van der Waals surface area contributed by atoms with Crippen LogP contribution in [0.15, 0.2) is 11.4 Å². The summed E-state index contributed by atoms with van der Waals surface area (Å²) in [5, 5.41) is 0.209. The van der Waals surface area contributed by atoms with E-state index in [0.717, 1.165) is 25.3 Å². The van der Waals surface area contributed by atoms with Gasteiger partial charge < -0.3 is 4.57 Å². The highest BCUT2D eigenvalue weighted by Crippen LogP contribution is 2.18. The first-order valence-electron chi connectivity index (χ1n) is 7.84. The first-order valence-corrected chi connectivity index (χ1v) is 9.74. The Hall–Kier alpha value is -0.880. The number of hydrogen-bond donors (Lipinski definition) is 0. The second kappa shape index (κ2) is 6.92. The Balaban J connectivity index is 2.23. The molecular weight excluding hydrogens is 286 g/mol. The minimum atomic E-state index is -3.27. The lowest BCUT2D eigenvalue weighted by Crippen LogP contribution is -2.26. The molecule has 1 aliphatic heterocycles. The van der Waals surface area contributed by atoms with Gasteiger partial charge in [-0.3, -0.25) is 4.90 Å². The molecule has 2 heterocycles. The van der Waals surface area contributed by atoms with Crippen LogP contribution in [0.25, 0.3) is 0 Å². The van der Waals surface area contributed by atoms with E-state index in [4.69, 9.17) is 0 Å². The van der Waals surface area contributed by atoms with Crippen LogP contribution in [0.1, 0.15) is 45.2 Å². The second-order valence-corrected chi connectivity index (χ2v) is 8.41. The predicted molar refractivity (Wildman–Crippen MR) is 83.9 cm³/mol. The van der Waals surface area contributed by atoms with E-state index in [1.54, 1.807) is 6.20 Å². The van der Waals surface area contributed by atoms with Gasteiger partial charge in [0.25, 0.3) is 0 Å². The second-order valence-electron chi connectivity index (χ2n) is 6.50. The van der Waals surface area contributed by atoms with Gasteiger partial charge in [-0.1, -0.05) is 26.7 Å². The average Bonchev–Trinajstić information content (AvgIpc) is 2.59. The van der Waals surface area contributed by atoms with Crippen molar-refractivity contribution in [1.29, 1.82) is 0 Å². The van der Waals surface area contributed by atoms with Crippen molar-refractivity contribution in [3.05, 3.63) is 11.9 Å². The van der Waals surface area contributed by atoms with E-state index < -0.39 is 9.84 Å². The summed E-state index contributed by atoms with van der Waals surface area (Å²) in [6, 6.07) is 0. The van der Waals surface area contributed by atoms with E-state index in [1.165, 1.54) is 31.9 Å². The van der Waals surface area contributed by atoms with Crippen molar-refractivity contribution in [3.63, 3.8) is 0 Å².